The highest BCUT2D eigenvalue weighted by Gasteiger charge is 2.23. The van der Waals surface area contributed by atoms with Crippen LogP contribution in [0.1, 0.15) is 38.2 Å². The number of unbranched alkanes of at least 4 members (excludes halogenated alkanes) is 3. The summed E-state index contributed by atoms with van der Waals surface area (Å²) in [6, 6.07) is 19.5. The number of hydrogen-bond acceptors (Lipinski definition) is 2. The SMILES string of the molecule is CCCCCCN1/C(=C/C=C/c2cc[n+](C)c3ccccc23)Sc2ccccc21.[I-]. The smallest absolute Gasteiger partial charge is 0.212 e. The van der Waals surface area contributed by atoms with Crippen LogP contribution in [0.4, 0.5) is 5.69 Å². The van der Waals surface area contributed by atoms with Crippen molar-refractivity contribution >= 4 is 34.4 Å². The molecule has 0 amide bonds. The molecule has 1 aliphatic heterocycles. The van der Waals surface area contributed by atoms with Crippen molar-refractivity contribution in [1.29, 1.82) is 0 Å². The summed E-state index contributed by atoms with van der Waals surface area (Å²) in [5.41, 5.74) is 3.86. The van der Waals surface area contributed by atoms with Gasteiger partial charge in [-0.1, -0.05) is 74.4 Å². The van der Waals surface area contributed by atoms with Gasteiger partial charge < -0.3 is 28.9 Å². The highest BCUT2D eigenvalue weighted by Crippen LogP contribution is 2.45. The van der Waals surface area contributed by atoms with Crippen molar-refractivity contribution in [1.82, 2.24) is 0 Å². The van der Waals surface area contributed by atoms with E-state index in [-0.39, 0.29) is 24.0 Å². The van der Waals surface area contributed by atoms with E-state index in [4.69, 9.17) is 0 Å². The molecule has 0 N–H and O–H groups in total. The molecule has 2 nitrogen and oxygen atoms in total. The molecular formula is C26H29IN2S. The van der Waals surface area contributed by atoms with Crippen LogP contribution in [0.15, 0.2) is 82.9 Å². The van der Waals surface area contributed by atoms with Crippen LogP contribution >= 0.6 is 11.8 Å². The monoisotopic (exact) mass is 528 g/mol. The largest absolute Gasteiger partial charge is 1.00 e. The Morgan fingerprint density at radius 2 is 1.77 bits per heavy atom. The van der Waals surface area contributed by atoms with Crippen molar-refractivity contribution < 1.29 is 28.5 Å². The van der Waals surface area contributed by atoms with Gasteiger partial charge in [0.05, 0.1) is 16.1 Å². The van der Waals surface area contributed by atoms with Gasteiger partial charge in [0.2, 0.25) is 5.52 Å². The maximum Gasteiger partial charge on any atom is 0.212 e. The Kier molecular flexibility index (Phi) is 8.40. The topological polar surface area (TPSA) is 7.12 Å². The fourth-order valence-electron chi connectivity index (χ4n) is 3.87. The van der Waals surface area contributed by atoms with Gasteiger partial charge in [-0.2, -0.15) is 0 Å². The summed E-state index contributed by atoms with van der Waals surface area (Å²) in [5.74, 6) is 0. The molecule has 2 aromatic carbocycles. The van der Waals surface area contributed by atoms with E-state index in [9.17, 15) is 0 Å². The second kappa shape index (κ2) is 11.0. The maximum atomic E-state index is 2.49. The number of pyridine rings is 1. The van der Waals surface area contributed by atoms with Crippen LogP contribution in [0.3, 0.4) is 0 Å². The van der Waals surface area contributed by atoms with Crippen molar-refractivity contribution in [2.75, 3.05) is 11.4 Å². The Morgan fingerprint density at radius 1 is 0.967 bits per heavy atom. The number of para-hydroxylation sites is 2. The van der Waals surface area contributed by atoms with Gasteiger partial charge in [-0.25, -0.2) is 4.57 Å². The van der Waals surface area contributed by atoms with Crippen LogP contribution in [0.2, 0.25) is 0 Å². The van der Waals surface area contributed by atoms with Crippen LogP contribution in [-0.2, 0) is 7.05 Å². The Morgan fingerprint density at radius 3 is 2.63 bits per heavy atom. The number of thioether (sulfide) groups is 1. The summed E-state index contributed by atoms with van der Waals surface area (Å²) in [6.45, 7) is 3.36. The predicted molar refractivity (Wildman–Crippen MR) is 126 cm³/mol. The number of aromatic nitrogens is 1. The van der Waals surface area contributed by atoms with Gasteiger partial charge in [-0.15, -0.1) is 0 Å². The number of fused-ring (bicyclic) bond motifs is 2. The van der Waals surface area contributed by atoms with Gasteiger partial charge in [0.1, 0.15) is 7.05 Å². The second-order valence-corrected chi connectivity index (χ2v) is 8.61. The summed E-state index contributed by atoms with van der Waals surface area (Å²) in [4.78, 5) is 3.85. The van der Waals surface area contributed by atoms with E-state index in [2.05, 4.69) is 102 Å². The number of allylic oxidation sites excluding steroid dienone is 2. The highest BCUT2D eigenvalue weighted by molar-refractivity contribution is 8.03. The first-order chi connectivity index (χ1) is 14.3. The molecule has 0 saturated carbocycles. The van der Waals surface area contributed by atoms with Gasteiger partial charge in [0.15, 0.2) is 6.20 Å². The minimum absolute atomic E-state index is 0. The zero-order chi connectivity index (χ0) is 20.1. The first kappa shape index (κ1) is 22.9. The average molecular weight is 529 g/mol. The Labute approximate surface area is 201 Å². The highest BCUT2D eigenvalue weighted by atomic mass is 127. The summed E-state index contributed by atoms with van der Waals surface area (Å²) < 4.78 is 2.17. The standard InChI is InChI=1S/C26H29N2S.HI/c1-3-4-5-10-19-28-24-15-8-9-16-25(24)29-26(28)17-11-12-21-18-20-27(2)23-14-7-6-13-22(21)23;/h6-9,11-18,20H,3-5,10,19H2,1-2H3;1H/q+1;/p-1. The lowest BCUT2D eigenvalue weighted by molar-refractivity contribution is -0.644. The van der Waals surface area contributed by atoms with Crippen molar-refractivity contribution in [3.8, 4) is 0 Å². The van der Waals surface area contributed by atoms with Gasteiger partial charge >= 0.3 is 0 Å². The first-order valence-corrected chi connectivity index (χ1v) is 11.4. The number of hydrogen-bond donors (Lipinski definition) is 0. The first-order valence-electron chi connectivity index (χ1n) is 10.6. The Bertz CT molecular complexity index is 1060. The van der Waals surface area contributed by atoms with E-state index < -0.39 is 0 Å². The Hall–Kier alpha value is -1.79. The molecule has 0 saturated heterocycles. The molecule has 0 atom stereocenters. The molecule has 0 unspecified atom stereocenters. The molecule has 2 heterocycles. The second-order valence-electron chi connectivity index (χ2n) is 7.55. The van der Waals surface area contributed by atoms with Crippen molar-refractivity contribution in [2.45, 2.75) is 37.5 Å². The molecule has 0 radical (unpaired) electrons. The Balaban J connectivity index is 0.00000256. The van der Waals surface area contributed by atoms with Gasteiger partial charge in [0.25, 0.3) is 0 Å². The molecule has 0 fully saturated rings. The third-order valence-electron chi connectivity index (χ3n) is 5.46. The molecular weight excluding hydrogens is 499 g/mol. The van der Waals surface area contributed by atoms with Crippen molar-refractivity contribution in [2.24, 2.45) is 7.05 Å². The lowest BCUT2D eigenvalue weighted by atomic mass is 10.1. The van der Waals surface area contributed by atoms with Gasteiger partial charge in [-0.3, -0.25) is 0 Å². The molecule has 4 heteroatoms. The predicted octanol–water partition coefficient (Wildman–Crippen LogP) is 3.72. The molecule has 0 bridgehead atoms. The van der Waals surface area contributed by atoms with E-state index in [0.29, 0.717) is 0 Å². The molecule has 0 aliphatic carbocycles. The van der Waals surface area contributed by atoms with E-state index in [1.165, 1.54) is 57.8 Å². The lowest BCUT2D eigenvalue weighted by Gasteiger charge is -2.20. The van der Waals surface area contributed by atoms with Crippen LogP contribution in [-0.4, -0.2) is 6.54 Å². The number of aryl methyl sites for hydroxylation is 1. The number of nitrogens with zero attached hydrogens (tertiary/aromatic N) is 2. The molecule has 30 heavy (non-hydrogen) atoms. The fourth-order valence-corrected chi connectivity index (χ4v) is 4.97. The maximum absolute atomic E-state index is 2.49. The lowest BCUT2D eigenvalue weighted by Crippen LogP contribution is -3.00. The van der Waals surface area contributed by atoms with Crippen LogP contribution in [0.5, 0.6) is 0 Å². The van der Waals surface area contributed by atoms with E-state index in [1.54, 1.807) is 0 Å². The summed E-state index contributed by atoms with van der Waals surface area (Å²) in [5, 5.41) is 2.61. The average Bonchev–Trinajstić information content (AvgIpc) is 3.10. The van der Waals surface area contributed by atoms with Gasteiger partial charge in [0, 0.05) is 23.6 Å². The third-order valence-corrected chi connectivity index (χ3v) is 6.59. The number of benzene rings is 2. The molecule has 1 aromatic heterocycles. The van der Waals surface area contributed by atoms with E-state index in [1.807, 2.05) is 11.8 Å². The quantitative estimate of drug-likeness (QED) is 0.262. The zero-order valence-electron chi connectivity index (χ0n) is 17.7. The van der Waals surface area contributed by atoms with Crippen molar-refractivity contribution in [3.05, 3.63) is 83.5 Å². The molecule has 1 aliphatic rings. The fraction of sp³-hybridized carbons (Fsp3) is 0.269. The molecule has 3 aromatic rings. The number of anilines is 1. The van der Waals surface area contributed by atoms with E-state index in [0.717, 1.165) is 6.54 Å². The van der Waals surface area contributed by atoms with E-state index >= 15 is 0 Å². The normalized spacial score (nSPS) is 14.5. The van der Waals surface area contributed by atoms with Crippen LogP contribution in [0, 0.1) is 0 Å². The minimum Gasteiger partial charge on any atom is -1.00 e. The number of halogens is 1. The summed E-state index contributed by atoms with van der Waals surface area (Å²) in [7, 11) is 2.10. The molecule has 156 valence electrons. The number of rotatable bonds is 7. The van der Waals surface area contributed by atoms with Gasteiger partial charge in [-0.05, 0) is 36.3 Å². The molecule has 4 rings (SSSR count). The third kappa shape index (κ3) is 5.09. The van der Waals surface area contributed by atoms with Crippen LogP contribution in [0.25, 0.3) is 17.0 Å². The van der Waals surface area contributed by atoms with Crippen molar-refractivity contribution in [3.63, 3.8) is 0 Å². The minimum atomic E-state index is 0. The zero-order valence-corrected chi connectivity index (χ0v) is 20.7. The summed E-state index contributed by atoms with van der Waals surface area (Å²) in [6.07, 6.45) is 14.0. The molecule has 0 spiro atoms. The van der Waals surface area contributed by atoms with Crippen LogP contribution < -0.4 is 33.4 Å². The summed E-state index contributed by atoms with van der Waals surface area (Å²) >= 11 is 1.88.